The van der Waals surface area contributed by atoms with Crippen LogP contribution in [0.3, 0.4) is 0 Å². The standard InChI is InChI=1S/C27H40O3/c1-26-15-13-20(28)17-19(26)8-9-21-22-10-11-24(27(22,2)16-14-23(21)26)30-25(29)12-7-18-5-3-4-6-18/h17-18,21-24H,3-16H2,1-2H3/t21-,22-,23-,24+,26+,27+/m1/s1. The van der Waals surface area contributed by atoms with Crippen LogP contribution < -0.4 is 0 Å². The van der Waals surface area contributed by atoms with E-state index in [9.17, 15) is 9.59 Å². The predicted molar refractivity (Wildman–Crippen MR) is 118 cm³/mol. The minimum atomic E-state index is 0.0579. The fraction of sp³-hybridized carbons (Fsp3) is 0.852. The molecule has 6 atom stereocenters. The highest BCUT2D eigenvalue weighted by Crippen LogP contribution is 2.65. The molecule has 0 aromatic rings. The lowest BCUT2D eigenvalue weighted by Gasteiger charge is -2.57. The number of ether oxygens (including phenoxy) is 1. The summed E-state index contributed by atoms with van der Waals surface area (Å²) in [4.78, 5) is 24.7. The molecular formula is C27H40O3. The SMILES string of the molecule is C[C@]12CC[C@@H]3[C@H](CCC4=CC(=O)CC[C@@]43C)[C@H]1CC[C@@H]2OC(=O)CCC1CCCC1. The molecule has 5 rings (SSSR count). The van der Waals surface area contributed by atoms with E-state index in [4.69, 9.17) is 4.74 Å². The Hall–Kier alpha value is -1.12. The highest BCUT2D eigenvalue weighted by Gasteiger charge is 2.59. The second-order valence-corrected chi connectivity index (χ2v) is 11.8. The summed E-state index contributed by atoms with van der Waals surface area (Å²) in [5.41, 5.74) is 1.83. The number of hydrogen-bond acceptors (Lipinski definition) is 3. The third kappa shape index (κ3) is 3.39. The van der Waals surface area contributed by atoms with Crippen molar-refractivity contribution in [3.05, 3.63) is 11.6 Å². The van der Waals surface area contributed by atoms with Crippen LogP contribution in [-0.4, -0.2) is 17.9 Å². The quantitative estimate of drug-likeness (QED) is 0.502. The zero-order valence-corrected chi connectivity index (χ0v) is 19.1. The van der Waals surface area contributed by atoms with Crippen molar-refractivity contribution in [2.75, 3.05) is 0 Å². The average Bonchev–Trinajstić information content (AvgIpc) is 3.35. The molecule has 0 amide bonds. The largest absolute Gasteiger partial charge is 0.462 e. The lowest BCUT2D eigenvalue weighted by molar-refractivity contribution is -0.160. The van der Waals surface area contributed by atoms with Crippen LogP contribution in [0.15, 0.2) is 11.6 Å². The Morgan fingerprint density at radius 1 is 1.00 bits per heavy atom. The number of hydrogen-bond donors (Lipinski definition) is 0. The number of carbonyl (C=O) groups is 2. The van der Waals surface area contributed by atoms with Gasteiger partial charge in [0.15, 0.2) is 5.78 Å². The highest BCUT2D eigenvalue weighted by molar-refractivity contribution is 5.91. The summed E-state index contributed by atoms with van der Waals surface area (Å²) in [6.07, 6.45) is 17.8. The molecule has 0 aromatic heterocycles. The number of rotatable bonds is 4. The summed E-state index contributed by atoms with van der Waals surface area (Å²) in [6.45, 7) is 4.87. The van der Waals surface area contributed by atoms with E-state index in [1.165, 1.54) is 56.9 Å². The maximum atomic E-state index is 12.7. The molecule has 0 unspecified atom stereocenters. The first-order valence-corrected chi connectivity index (χ1v) is 12.8. The van der Waals surface area contributed by atoms with E-state index >= 15 is 0 Å². The molecule has 0 aliphatic heterocycles. The summed E-state index contributed by atoms with van der Waals surface area (Å²) in [5, 5.41) is 0. The van der Waals surface area contributed by atoms with Crippen molar-refractivity contribution in [1.29, 1.82) is 0 Å². The van der Waals surface area contributed by atoms with Crippen LogP contribution in [0.2, 0.25) is 0 Å². The zero-order valence-electron chi connectivity index (χ0n) is 19.1. The normalized spacial score (nSPS) is 43.5. The van der Waals surface area contributed by atoms with E-state index in [2.05, 4.69) is 13.8 Å². The van der Waals surface area contributed by atoms with E-state index in [1.54, 1.807) is 0 Å². The molecule has 4 fully saturated rings. The Bertz CT molecular complexity index is 732. The van der Waals surface area contributed by atoms with Crippen LogP contribution in [0.5, 0.6) is 0 Å². The summed E-state index contributed by atoms with van der Waals surface area (Å²) in [7, 11) is 0. The molecule has 3 nitrogen and oxygen atoms in total. The first-order chi connectivity index (χ1) is 14.4. The second kappa shape index (κ2) is 7.78. The summed E-state index contributed by atoms with van der Waals surface area (Å²) >= 11 is 0. The molecule has 0 bridgehead atoms. The molecule has 0 saturated heterocycles. The van der Waals surface area contributed by atoms with Crippen LogP contribution in [0.4, 0.5) is 0 Å². The van der Waals surface area contributed by atoms with Crippen LogP contribution >= 0.6 is 0 Å². The van der Waals surface area contributed by atoms with Gasteiger partial charge < -0.3 is 4.74 Å². The molecule has 0 heterocycles. The first-order valence-electron chi connectivity index (χ1n) is 12.8. The molecule has 5 aliphatic carbocycles. The lowest BCUT2D eigenvalue weighted by atomic mass is 9.47. The van der Waals surface area contributed by atoms with Crippen molar-refractivity contribution in [2.24, 2.45) is 34.5 Å². The molecule has 30 heavy (non-hydrogen) atoms. The highest BCUT2D eigenvalue weighted by atomic mass is 16.5. The van der Waals surface area contributed by atoms with Crippen LogP contribution in [0, 0.1) is 34.5 Å². The molecule has 5 aliphatic rings. The van der Waals surface area contributed by atoms with Crippen LogP contribution in [0.25, 0.3) is 0 Å². The van der Waals surface area contributed by atoms with Gasteiger partial charge in [0, 0.05) is 18.3 Å². The summed E-state index contributed by atoms with van der Waals surface area (Å²) in [5.74, 6) is 3.28. The Morgan fingerprint density at radius 3 is 2.60 bits per heavy atom. The topological polar surface area (TPSA) is 43.4 Å². The van der Waals surface area contributed by atoms with Gasteiger partial charge in [0.25, 0.3) is 0 Å². The van der Waals surface area contributed by atoms with Gasteiger partial charge in [-0.2, -0.15) is 0 Å². The average molecular weight is 413 g/mol. The minimum Gasteiger partial charge on any atom is -0.462 e. The number of allylic oxidation sites excluding steroid dienone is 1. The summed E-state index contributed by atoms with van der Waals surface area (Å²) < 4.78 is 6.17. The van der Waals surface area contributed by atoms with Gasteiger partial charge in [0.1, 0.15) is 6.10 Å². The second-order valence-electron chi connectivity index (χ2n) is 11.8. The summed E-state index contributed by atoms with van der Waals surface area (Å²) in [6, 6.07) is 0. The number of carbonyl (C=O) groups excluding carboxylic acids is 2. The maximum absolute atomic E-state index is 12.7. The van der Waals surface area contributed by atoms with E-state index in [-0.39, 0.29) is 22.9 Å². The first kappa shape index (κ1) is 20.8. The third-order valence-corrected chi connectivity index (χ3v) is 10.4. The Balaban J connectivity index is 1.25. The lowest BCUT2D eigenvalue weighted by Crippen LogP contribution is -2.51. The van der Waals surface area contributed by atoms with E-state index < -0.39 is 0 Å². The Morgan fingerprint density at radius 2 is 1.80 bits per heavy atom. The van der Waals surface area contributed by atoms with Gasteiger partial charge in [-0.1, -0.05) is 45.1 Å². The molecule has 0 N–H and O–H groups in total. The predicted octanol–water partition coefficient (Wildman–Crippen LogP) is 6.40. The van der Waals surface area contributed by atoms with Gasteiger partial charge in [-0.3, -0.25) is 9.59 Å². The van der Waals surface area contributed by atoms with Gasteiger partial charge in [0.05, 0.1) is 0 Å². The number of esters is 1. The Labute approximate surface area is 182 Å². The molecule has 166 valence electrons. The van der Waals surface area contributed by atoms with Crippen molar-refractivity contribution >= 4 is 11.8 Å². The molecule has 4 saturated carbocycles. The molecular weight excluding hydrogens is 372 g/mol. The maximum Gasteiger partial charge on any atom is 0.306 e. The number of ketones is 1. The van der Waals surface area contributed by atoms with Crippen molar-refractivity contribution in [3.8, 4) is 0 Å². The molecule has 0 spiro atoms. The van der Waals surface area contributed by atoms with E-state index in [0.717, 1.165) is 43.9 Å². The third-order valence-electron chi connectivity index (χ3n) is 10.4. The van der Waals surface area contributed by atoms with Crippen molar-refractivity contribution in [1.82, 2.24) is 0 Å². The van der Waals surface area contributed by atoms with Crippen LogP contribution in [-0.2, 0) is 14.3 Å². The Kier molecular flexibility index (Phi) is 5.39. The van der Waals surface area contributed by atoms with Gasteiger partial charge in [-0.05, 0) is 86.5 Å². The molecule has 0 aromatic carbocycles. The number of fused-ring (bicyclic) bond motifs is 5. The smallest absolute Gasteiger partial charge is 0.306 e. The van der Waals surface area contributed by atoms with Gasteiger partial charge in [-0.25, -0.2) is 0 Å². The van der Waals surface area contributed by atoms with Crippen molar-refractivity contribution in [3.63, 3.8) is 0 Å². The van der Waals surface area contributed by atoms with Crippen molar-refractivity contribution < 1.29 is 14.3 Å². The van der Waals surface area contributed by atoms with Gasteiger partial charge in [0.2, 0.25) is 0 Å². The van der Waals surface area contributed by atoms with E-state index in [0.29, 0.717) is 24.0 Å². The van der Waals surface area contributed by atoms with Gasteiger partial charge in [-0.15, -0.1) is 0 Å². The molecule has 0 radical (unpaired) electrons. The van der Waals surface area contributed by atoms with Crippen LogP contribution in [0.1, 0.15) is 104 Å². The fourth-order valence-corrected chi connectivity index (χ4v) is 8.54. The monoisotopic (exact) mass is 412 g/mol. The van der Waals surface area contributed by atoms with Crippen molar-refractivity contribution in [2.45, 2.75) is 110 Å². The molecule has 3 heteroatoms. The van der Waals surface area contributed by atoms with E-state index in [1.807, 2.05) is 6.08 Å². The fourth-order valence-electron chi connectivity index (χ4n) is 8.54. The zero-order chi connectivity index (χ0) is 20.9. The minimum absolute atomic E-state index is 0.0579. The van der Waals surface area contributed by atoms with Gasteiger partial charge >= 0.3 is 5.97 Å².